The van der Waals surface area contributed by atoms with Crippen molar-refractivity contribution in [1.29, 1.82) is 0 Å². The van der Waals surface area contributed by atoms with E-state index in [1.165, 1.54) is 12.1 Å². The van der Waals surface area contributed by atoms with Gasteiger partial charge in [-0.2, -0.15) is 13.2 Å². The molecule has 4 nitrogen and oxygen atoms in total. The Kier molecular flexibility index (Phi) is 5.96. The average molecular weight is 317 g/mol. The number of rotatable bonds is 6. The SMILES string of the molecule is CC(CC(=O)O)NC(=O)CC(C)c1cccc(C(F)(F)F)c1. The minimum Gasteiger partial charge on any atom is -0.481 e. The minimum absolute atomic E-state index is 0.00866. The summed E-state index contributed by atoms with van der Waals surface area (Å²) in [5.41, 5.74) is -0.340. The molecule has 0 aliphatic heterocycles. The highest BCUT2D eigenvalue weighted by Gasteiger charge is 2.30. The molecule has 1 rings (SSSR count). The molecule has 7 heteroatoms. The average Bonchev–Trinajstić information content (AvgIpc) is 2.36. The lowest BCUT2D eigenvalue weighted by molar-refractivity contribution is -0.138. The number of halogens is 3. The maximum Gasteiger partial charge on any atom is 0.416 e. The van der Waals surface area contributed by atoms with Gasteiger partial charge in [-0.3, -0.25) is 9.59 Å². The molecule has 0 fully saturated rings. The molecule has 0 heterocycles. The van der Waals surface area contributed by atoms with Crippen LogP contribution in [0.5, 0.6) is 0 Å². The summed E-state index contributed by atoms with van der Waals surface area (Å²) in [4.78, 5) is 22.3. The number of nitrogens with one attached hydrogen (secondary N) is 1. The molecule has 0 saturated carbocycles. The van der Waals surface area contributed by atoms with Crippen molar-refractivity contribution >= 4 is 11.9 Å². The van der Waals surface area contributed by atoms with Gasteiger partial charge in [-0.25, -0.2) is 0 Å². The minimum atomic E-state index is -4.42. The fourth-order valence-corrected chi connectivity index (χ4v) is 2.06. The van der Waals surface area contributed by atoms with Gasteiger partial charge in [0.15, 0.2) is 0 Å². The Balaban J connectivity index is 2.67. The number of benzene rings is 1. The van der Waals surface area contributed by atoms with Crippen LogP contribution < -0.4 is 5.32 Å². The Morgan fingerprint density at radius 1 is 1.23 bits per heavy atom. The molecule has 22 heavy (non-hydrogen) atoms. The number of hydrogen-bond acceptors (Lipinski definition) is 2. The van der Waals surface area contributed by atoms with E-state index in [1.54, 1.807) is 13.8 Å². The smallest absolute Gasteiger partial charge is 0.416 e. The van der Waals surface area contributed by atoms with E-state index in [4.69, 9.17) is 5.11 Å². The van der Waals surface area contributed by atoms with Gasteiger partial charge in [-0.05, 0) is 24.5 Å². The third-order valence-electron chi connectivity index (χ3n) is 3.16. The molecule has 2 N–H and O–H groups in total. The highest BCUT2D eigenvalue weighted by molar-refractivity contribution is 5.78. The Morgan fingerprint density at radius 2 is 1.86 bits per heavy atom. The summed E-state index contributed by atoms with van der Waals surface area (Å²) in [6, 6.07) is 4.32. The van der Waals surface area contributed by atoms with Crippen molar-refractivity contribution in [2.24, 2.45) is 0 Å². The van der Waals surface area contributed by atoms with Crippen LogP contribution in [0.25, 0.3) is 0 Å². The van der Waals surface area contributed by atoms with Crippen LogP contribution in [0.4, 0.5) is 13.2 Å². The van der Waals surface area contributed by atoms with E-state index in [2.05, 4.69) is 5.32 Å². The van der Waals surface area contributed by atoms with Crippen molar-refractivity contribution in [3.8, 4) is 0 Å². The van der Waals surface area contributed by atoms with Gasteiger partial charge in [0.05, 0.1) is 12.0 Å². The second kappa shape index (κ2) is 7.29. The van der Waals surface area contributed by atoms with Crippen LogP contribution in [-0.2, 0) is 15.8 Å². The predicted octanol–water partition coefficient (Wildman–Crippen LogP) is 3.18. The number of aliphatic carboxylic acids is 1. The Hall–Kier alpha value is -2.05. The van der Waals surface area contributed by atoms with Crippen molar-refractivity contribution in [2.45, 2.75) is 44.8 Å². The largest absolute Gasteiger partial charge is 0.481 e. The van der Waals surface area contributed by atoms with Gasteiger partial charge in [0.1, 0.15) is 0 Å². The van der Waals surface area contributed by atoms with E-state index >= 15 is 0 Å². The molecule has 0 aliphatic rings. The number of alkyl halides is 3. The van der Waals surface area contributed by atoms with Crippen LogP contribution in [0.3, 0.4) is 0 Å². The van der Waals surface area contributed by atoms with Crippen LogP contribution in [0.2, 0.25) is 0 Å². The van der Waals surface area contributed by atoms with Crippen molar-refractivity contribution in [1.82, 2.24) is 5.32 Å². The second-order valence-electron chi connectivity index (χ2n) is 5.29. The molecule has 1 aromatic rings. The highest BCUT2D eigenvalue weighted by Crippen LogP contribution is 2.31. The molecule has 0 aliphatic carbocycles. The zero-order valence-corrected chi connectivity index (χ0v) is 12.3. The summed E-state index contributed by atoms with van der Waals surface area (Å²) < 4.78 is 38.0. The first-order valence-corrected chi connectivity index (χ1v) is 6.78. The standard InChI is InChI=1S/C15H18F3NO3/c1-9(6-13(20)19-10(2)7-14(21)22)11-4-3-5-12(8-11)15(16,17)18/h3-5,8-10H,6-7H2,1-2H3,(H,19,20)(H,21,22). The number of carboxylic acids is 1. The van der Waals surface area contributed by atoms with Crippen molar-refractivity contribution in [2.75, 3.05) is 0 Å². The van der Waals surface area contributed by atoms with Crippen LogP contribution >= 0.6 is 0 Å². The van der Waals surface area contributed by atoms with Crippen molar-refractivity contribution < 1.29 is 27.9 Å². The molecule has 0 radical (unpaired) electrons. The normalized spacial score (nSPS) is 14.2. The third kappa shape index (κ3) is 5.75. The van der Waals surface area contributed by atoms with Gasteiger partial charge in [0.2, 0.25) is 5.91 Å². The molecule has 1 aromatic carbocycles. The monoisotopic (exact) mass is 317 g/mol. The fraction of sp³-hybridized carbons (Fsp3) is 0.467. The molecular formula is C15H18F3NO3. The first-order valence-electron chi connectivity index (χ1n) is 6.78. The first kappa shape index (κ1) is 18.0. The molecule has 0 bridgehead atoms. The fourth-order valence-electron chi connectivity index (χ4n) is 2.06. The number of carbonyl (C=O) groups is 2. The van der Waals surface area contributed by atoms with E-state index in [-0.39, 0.29) is 12.8 Å². The molecule has 0 saturated heterocycles. The molecule has 2 atom stereocenters. The lowest BCUT2D eigenvalue weighted by Gasteiger charge is -2.16. The van der Waals surface area contributed by atoms with Gasteiger partial charge in [0.25, 0.3) is 0 Å². The molecule has 122 valence electrons. The first-order chi connectivity index (χ1) is 10.1. The van der Waals surface area contributed by atoms with E-state index < -0.39 is 35.6 Å². The molecule has 0 aromatic heterocycles. The zero-order valence-electron chi connectivity index (χ0n) is 12.3. The maximum absolute atomic E-state index is 12.7. The zero-order chi connectivity index (χ0) is 16.9. The summed E-state index contributed by atoms with van der Waals surface area (Å²) in [5, 5.41) is 11.1. The summed E-state index contributed by atoms with van der Waals surface area (Å²) in [6.07, 6.45) is -4.64. The van der Waals surface area contributed by atoms with E-state index in [1.807, 2.05) is 0 Å². The van der Waals surface area contributed by atoms with Crippen LogP contribution in [0.15, 0.2) is 24.3 Å². The Bertz CT molecular complexity index is 543. The molecular weight excluding hydrogens is 299 g/mol. The Morgan fingerprint density at radius 3 is 2.41 bits per heavy atom. The number of amides is 1. The predicted molar refractivity (Wildman–Crippen MR) is 74.3 cm³/mol. The van der Waals surface area contributed by atoms with Crippen molar-refractivity contribution in [3.63, 3.8) is 0 Å². The van der Waals surface area contributed by atoms with Gasteiger partial charge < -0.3 is 10.4 Å². The topological polar surface area (TPSA) is 66.4 Å². The highest BCUT2D eigenvalue weighted by atomic mass is 19.4. The van der Waals surface area contributed by atoms with E-state index in [9.17, 15) is 22.8 Å². The van der Waals surface area contributed by atoms with Crippen LogP contribution in [-0.4, -0.2) is 23.0 Å². The van der Waals surface area contributed by atoms with E-state index in [0.29, 0.717) is 5.56 Å². The lowest BCUT2D eigenvalue weighted by atomic mass is 9.95. The number of carbonyl (C=O) groups excluding carboxylic acids is 1. The number of carboxylic acid groups (broad SMARTS) is 1. The molecule has 0 spiro atoms. The van der Waals surface area contributed by atoms with Crippen molar-refractivity contribution in [3.05, 3.63) is 35.4 Å². The summed E-state index contributed by atoms with van der Waals surface area (Å²) in [5.74, 6) is -1.82. The van der Waals surface area contributed by atoms with Gasteiger partial charge in [0, 0.05) is 12.5 Å². The molecule has 2 unspecified atom stereocenters. The van der Waals surface area contributed by atoms with Gasteiger partial charge in [-0.1, -0.05) is 25.1 Å². The summed E-state index contributed by atoms with van der Waals surface area (Å²) in [6.45, 7) is 3.21. The quantitative estimate of drug-likeness (QED) is 0.847. The third-order valence-corrected chi connectivity index (χ3v) is 3.16. The van der Waals surface area contributed by atoms with Crippen LogP contribution in [0, 0.1) is 0 Å². The van der Waals surface area contributed by atoms with Gasteiger partial charge in [-0.15, -0.1) is 0 Å². The maximum atomic E-state index is 12.7. The van der Waals surface area contributed by atoms with Gasteiger partial charge >= 0.3 is 12.1 Å². The lowest BCUT2D eigenvalue weighted by Crippen LogP contribution is -2.34. The molecule has 1 amide bonds. The second-order valence-corrected chi connectivity index (χ2v) is 5.29. The Labute approximate surface area is 126 Å². The number of hydrogen-bond donors (Lipinski definition) is 2. The van der Waals surface area contributed by atoms with E-state index in [0.717, 1.165) is 12.1 Å². The van der Waals surface area contributed by atoms with Crippen LogP contribution in [0.1, 0.15) is 43.7 Å². The summed E-state index contributed by atoms with van der Waals surface area (Å²) >= 11 is 0. The summed E-state index contributed by atoms with van der Waals surface area (Å²) in [7, 11) is 0.